The summed E-state index contributed by atoms with van der Waals surface area (Å²) in [6.07, 6.45) is 6.24. The van der Waals surface area contributed by atoms with Gasteiger partial charge in [0.15, 0.2) is 0 Å². The van der Waals surface area contributed by atoms with Crippen molar-refractivity contribution in [1.82, 2.24) is 9.55 Å². The van der Waals surface area contributed by atoms with E-state index in [0.29, 0.717) is 0 Å². The van der Waals surface area contributed by atoms with E-state index < -0.39 is 0 Å². The molecule has 4 nitrogen and oxygen atoms in total. The van der Waals surface area contributed by atoms with E-state index in [1.54, 1.807) is 0 Å². The maximum Gasteiger partial charge on any atom is 0.262 e. The molecule has 0 bridgehead atoms. The predicted molar refractivity (Wildman–Crippen MR) is 81.3 cm³/mol. The van der Waals surface area contributed by atoms with Gasteiger partial charge in [-0.05, 0) is 12.1 Å². The molecular formula is C17H22Br2N4. The predicted octanol–water partition coefficient (Wildman–Crippen LogP) is -3.62. The zero-order valence-corrected chi connectivity index (χ0v) is 17.0. The average molecular weight is 442 g/mol. The number of halogens is 2. The lowest BCUT2D eigenvalue weighted by Crippen LogP contribution is -3.00. The lowest BCUT2D eigenvalue weighted by Gasteiger charge is -2.07. The average Bonchev–Trinajstić information content (AvgIpc) is 3.09. The van der Waals surface area contributed by atoms with Crippen LogP contribution in [0.1, 0.15) is 30.3 Å². The Kier molecular flexibility index (Phi) is 6.77. The van der Waals surface area contributed by atoms with Crippen molar-refractivity contribution >= 4 is 0 Å². The van der Waals surface area contributed by atoms with Crippen molar-refractivity contribution in [1.29, 1.82) is 0 Å². The molecule has 6 heteroatoms. The number of aromatic amines is 1. The third kappa shape index (κ3) is 3.43. The van der Waals surface area contributed by atoms with Gasteiger partial charge in [-0.1, -0.05) is 18.2 Å². The van der Waals surface area contributed by atoms with Crippen LogP contribution in [-0.4, -0.2) is 9.55 Å². The van der Waals surface area contributed by atoms with E-state index in [9.17, 15) is 0 Å². The monoisotopic (exact) mass is 440 g/mol. The summed E-state index contributed by atoms with van der Waals surface area (Å²) in [5, 5.41) is 0. The summed E-state index contributed by atoms with van der Waals surface area (Å²) in [7, 11) is 0. The molecule has 0 aliphatic heterocycles. The van der Waals surface area contributed by atoms with Crippen molar-refractivity contribution in [2.24, 2.45) is 0 Å². The first-order chi connectivity index (χ1) is 10.1. The molecular weight excluding hydrogens is 420 g/mol. The van der Waals surface area contributed by atoms with E-state index in [-0.39, 0.29) is 40.1 Å². The van der Waals surface area contributed by atoms with E-state index in [1.165, 1.54) is 22.9 Å². The van der Waals surface area contributed by atoms with Crippen molar-refractivity contribution in [3.05, 3.63) is 66.3 Å². The second kappa shape index (κ2) is 7.93. The van der Waals surface area contributed by atoms with Crippen LogP contribution in [0.5, 0.6) is 0 Å². The van der Waals surface area contributed by atoms with Gasteiger partial charge < -0.3 is 34.0 Å². The third-order valence-corrected chi connectivity index (χ3v) is 4.28. The lowest BCUT2D eigenvalue weighted by molar-refractivity contribution is -0.944. The van der Waals surface area contributed by atoms with Gasteiger partial charge >= 0.3 is 0 Å². The molecule has 0 radical (unpaired) electrons. The summed E-state index contributed by atoms with van der Waals surface area (Å²) in [6.45, 7) is 8.76. The molecule has 0 saturated carbocycles. The normalized spacial score (nSPS) is 11.5. The summed E-state index contributed by atoms with van der Waals surface area (Å²) in [5.41, 5.74) is 3.78. The van der Waals surface area contributed by atoms with E-state index in [2.05, 4.69) is 82.9 Å². The Labute approximate surface area is 158 Å². The van der Waals surface area contributed by atoms with Gasteiger partial charge in [0.25, 0.3) is 5.82 Å². The van der Waals surface area contributed by atoms with Gasteiger partial charge in [-0.3, -0.25) is 4.98 Å². The molecule has 0 amide bonds. The first-order valence-corrected chi connectivity index (χ1v) is 7.30. The number of aromatic nitrogens is 4. The smallest absolute Gasteiger partial charge is 0.262 e. The number of hydrogen-bond acceptors (Lipinski definition) is 0. The minimum absolute atomic E-state index is 0. The first kappa shape index (κ1) is 19.6. The topological polar surface area (TPSA) is 28.5 Å². The van der Waals surface area contributed by atoms with Crippen LogP contribution in [0.25, 0.3) is 5.69 Å². The maximum absolute atomic E-state index is 3.12. The highest BCUT2D eigenvalue weighted by Crippen LogP contribution is 2.17. The van der Waals surface area contributed by atoms with Crippen LogP contribution in [-0.2, 0) is 0 Å². The van der Waals surface area contributed by atoms with Gasteiger partial charge in [-0.25, -0.2) is 0 Å². The minimum Gasteiger partial charge on any atom is -1.00 e. The van der Waals surface area contributed by atoms with Crippen molar-refractivity contribution in [3.63, 3.8) is 0 Å². The fraction of sp³-hybridized carbons (Fsp3) is 0.294. The Hall–Kier alpha value is -1.40. The van der Waals surface area contributed by atoms with Crippen LogP contribution in [0.3, 0.4) is 0 Å². The highest BCUT2D eigenvalue weighted by molar-refractivity contribution is 5.35. The van der Waals surface area contributed by atoms with Gasteiger partial charge in [-0.2, -0.15) is 13.7 Å². The fourth-order valence-corrected chi connectivity index (χ4v) is 3.10. The van der Waals surface area contributed by atoms with Crippen LogP contribution in [0.2, 0.25) is 0 Å². The largest absolute Gasteiger partial charge is 1.00 e. The molecule has 1 unspecified atom stereocenters. The van der Waals surface area contributed by atoms with Crippen molar-refractivity contribution < 1.29 is 43.1 Å². The number of imidazole rings is 2. The Morgan fingerprint density at radius 3 is 2.26 bits per heavy atom. The van der Waals surface area contributed by atoms with Crippen LogP contribution >= 0.6 is 0 Å². The molecule has 23 heavy (non-hydrogen) atoms. The number of H-pyrrole nitrogens is 1. The molecule has 0 saturated heterocycles. The lowest BCUT2D eigenvalue weighted by atomic mass is 10.3. The molecule has 0 aliphatic rings. The SMILES string of the molecule is Cc1c(C)[n+](C(C)[n+]2cc[nH]c2)c(C)n1-c1ccccc1.[Br-].[Br-]. The highest BCUT2D eigenvalue weighted by atomic mass is 79.9. The number of nitrogens with zero attached hydrogens (tertiary/aromatic N) is 3. The first-order valence-electron chi connectivity index (χ1n) is 7.30. The van der Waals surface area contributed by atoms with Crippen LogP contribution < -0.4 is 43.1 Å². The molecule has 1 aromatic carbocycles. The van der Waals surface area contributed by atoms with Crippen molar-refractivity contribution in [2.75, 3.05) is 0 Å². The zero-order valence-electron chi connectivity index (χ0n) is 13.8. The van der Waals surface area contributed by atoms with Crippen molar-refractivity contribution in [2.45, 2.75) is 33.9 Å². The Morgan fingerprint density at radius 1 is 1.04 bits per heavy atom. The maximum atomic E-state index is 3.12. The number of nitrogens with one attached hydrogen (secondary N) is 1. The summed E-state index contributed by atoms with van der Waals surface area (Å²) < 4.78 is 6.87. The summed E-state index contributed by atoms with van der Waals surface area (Å²) >= 11 is 0. The molecule has 0 aliphatic carbocycles. The van der Waals surface area contributed by atoms with Gasteiger partial charge in [-0.15, -0.1) is 0 Å². The number of rotatable bonds is 3. The van der Waals surface area contributed by atoms with E-state index in [1.807, 2.05) is 12.5 Å². The van der Waals surface area contributed by atoms with Crippen LogP contribution in [0.4, 0.5) is 0 Å². The van der Waals surface area contributed by atoms with E-state index >= 15 is 0 Å². The Balaban J connectivity index is 0.00000132. The van der Waals surface area contributed by atoms with Crippen molar-refractivity contribution in [3.8, 4) is 5.69 Å². The Morgan fingerprint density at radius 2 is 1.70 bits per heavy atom. The molecule has 3 rings (SSSR count). The van der Waals surface area contributed by atoms with E-state index in [0.717, 1.165) is 0 Å². The van der Waals surface area contributed by atoms with Crippen LogP contribution in [0, 0.1) is 20.8 Å². The minimum atomic E-state index is 0. The molecule has 0 fully saturated rings. The number of hydrogen-bond donors (Lipinski definition) is 1. The number of benzene rings is 1. The molecule has 1 N–H and O–H groups in total. The molecule has 0 spiro atoms. The summed E-state index contributed by atoms with van der Waals surface area (Å²) in [5.74, 6) is 1.23. The van der Waals surface area contributed by atoms with Gasteiger partial charge in [0.05, 0.1) is 0 Å². The molecule has 124 valence electrons. The number of para-hydroxylation sites is 1. The summed E-state index contributed by atoms with van der Waals surface area (Å²) in [4.78, 5) is 3.12. The third-order valence-electron chi connectivity index (χ3n) is 4.28. The Bertz CT molecular complexity index is 749. The van der Waals surface area contributed by atoms with Gasteiger partial charge in [0.1, 0.15) is 29.5 Å². The molecule has 2 heterocycles. The zero-order chi connectivity index (χ0) is 15.0. The quantitative estimate of drug-likeness (QED) is 0.406. The van der Waals surface area contributed by atoms with Gasteiger partial charge in [0, 0.05) is 27.7 Å². The van der Waals surface area contributed by atoms with Crippen LogP contribution in [0.15, 0.2) is 49.1 Å². The highest BCUT2D eigenvalue weighted by Gasteiger charge is 2.29. The molecule has 1 atom stereocenters. The van der Waals surface area contributed by atoms with E-state index in [4.69, 9.17) is 0 Å². The second-order valence-corrected chi connectivity index (χ2v) is 5.45. The molecule has 2 aromatic heterocycles. The second-order valence-electron chi connectivity index (χ2n) is 5.45. The fourth-order valence-electron chi connectivity index (χ4n) is 3.10. The van der Waals surface area contributed by atoms with Gasteiger partial charge in [0.2, 0.25) is 12.5 Å². The molecule has 3 aromatic rings. The standard InChI is InChI=1S/C17H21N4.2BrH/c1-13-14(2)21(17-8-6-5-7-9-17)16(4)20(13)15(3)19-11-10-18-12-19;;/h5-12,15H,1-4H3;2*1H/q+1;;/p-1. The summed E-state index contributed by atoms with van der Waals surface area (Å²) in [6, 6.07) is 10.5.